The van der Waals surface area contributed by atoms with Gasteiger partial charge in [-0.2, -0.15) is 13.2 Å². The molecule has 0 aromatic heterocycles. The first-order valence-corrected chi connectivity index (χ1v) is 5.34. The lowest BCUT2D eigenvalue weighted by molar-refractivity contribution is -0.137. The quantitative estimate of drug-likeness (QED) is 0.656. The van der Waals surface area contributed by atoms with Crippen molar-refractivity contribution in [1.29, 1.82) is 0 Å². The summed E-state index contributed by atoms with van der Waals surface area (Å²) in [5.41, 5.74) is -0.787. The molecule has 0 bridgehead atoms. The Balaban J connectivity index is 2.59. The van der Waals surface area contributed by atoms with Gasteiger partial charge in [0, 0.05) is 11.6 Å². The Morgan fingerprint density at radius 2 is 1.68 bits per heavy atom. The summed E-state index contributed by atoms with van der Waals surface area (Å²) in [6.07, 6.45) is -4.56. The molecule has 99 valence electrons. The lowest BCUT2D eigenvalue weighted by Crippen LogP contribution is -2.06. The smallest absolute Gasteiger partial charge is 0.207 e. The molecule has 0 heterocycles. The van der Waals surface area contributed by atoms with Crippen LogP contribution in [-0.4, -0.2) is 0 Å². The van der Waals surface area contributed by atoms with E-state index in [0.717, 1.165) is 18.2 Å². The lowest BCUT2D eigenvalue weighted by atomic mass is 9.99. The molecule has 0 fully saturated rings. The van der Waals surface area contributed by atoms with Crippen LogP contribution in [0.2, 0.25) is 0 Å². The Morgan fingerprint density at radius 3 is 2.26 bits per heavy atom. The molecule has 0 aliphatic carbocycles. The van der Waals surface area contributed by atoms with E-state index in [1.807, 2.05) is 0 Å². The summed E-state index contributed by atoms with van der Waals surface area (Å²) in [6, 6.07) is 7.07. The minimum atomic E-state index is -4.56. The van der Waals surface area contributed by atoms with Gasteiger partial charge in [-0.15, -0.1) is 0 Å². The zero-order chi connectivity index (χ0) is 14.2. The second-order valence-electron chi connectivity index (χ2n) is 4.09. The monoisotopic (exact) mass is 271 g/mol. The van der Waals surface area contributed by atoms with Crippen molar-refractivity contribution < 1.29 is 22.0 Å². The molecule has 0 N–H and O–H groups in total. The molecule has 0 unspecified atom stereocenters. The maximum absolute atomic E-state index is 13.6. The second-order valence-corrected chi connectivity index (χ2v) is 4.09. The number of halogens is 5. The van der Waals surface area contributed by atoms with Gasteiger partial charge in [0.1, 0.15) is 11.6 Å². The fourth-order valence-corrected chi connectivity index (χ4v) is 1.75. The fraction of sp³-hybridized carbons (Fsp3) is 0.143. The van der Waals surface area contributed by atoms with Gasteiger partial charge in [-0.05, 0) is 42.3 Å². The molecule has 0 aliphatic heterocycles. The van der Waals surface area contributed by atoms with E-state index in [0.29, 0.717) is 6.07 Å². The van der Waals surface area contributed by atoms with E-state index in [1.54, 1.807) is 0 Å². The Morgan fingerprint density at radius 1 is 1.00 bits per heavy atom. The Kier molecular flexibility index (Phi) is 3.30. The van der Waals surface area contributed by atoms with Gasteiger partial charge in [-0.3, -0.25) is 0 Å². The topological polar surface area (TPSA) is 0 Å². The molecule has 0 atom stereocenters. The van der Waals surface area contributed by atoms with Gasteiger partial charge in [0.05, 0.1) is 5.56 Å². The number of benzene rings is 2. The maximum Gasteiger partial charge on any atom is 0.417 e. The average Bonchev–Trinajstić information content (AvgIpc) is 2.26. The SMILES string of the molecule is Cc1[c]c(C(F)(F)F)cc(-c2ccc(F)cc2F)c1. The van der Waals surface area contributed by atoms with E-state index < -0.39 is 23.4 Å². The third kappa shape index (κ3) is 2.92. The van der Waals surface area contributed by atoms with Crippen LogP contribution < -0.4 is 0 Å². The van der Waals surface area contributed by atoms with E-state index in [-0.39, 0.29) is 16.7 Å². The van der Waals surface area contributed by atoms with Gasteiger partial charge in [-0.1, -0.05) is 6.07 Å². The van der Waals surface area contributed by atoms with Crippen LogP contribution in [-0.2, 0) is 6.18 Å². The molecule has 0 saturated heterocycles. The summed E-state index contributed by atoms with van der Waals surface area (Å²) in [6.45, 7) is 1.43. The van der Waals surface area contributed by atoms with Crippen LogP contribution in [0.3, 0.4) is 0 Å². The highest BCUT2D eigenvalue weighted by Gasteiger charge is 2.31. The minimum absolute atomic E-state index is 0.0427. The van der Waals surface area contributed by atoms with Crippen molar-refractivity contribution in [3.05, 3.63) is 59.2 Å². The van der Waals surface area contributed by atoms with E-state index in [4.69, 9.17) is 0 Å². The number of alkyl halides is 3. The molecule has 0 amide bonds. The fourth-order valence-electron chi connectivity index (χ4n) is 1.75. The minimum Gasteiger partial charge on any atom is -0.207 e. The molecule has 1 radical (unpaired) electrons. The number of hydrogen-bond acceptors (Lipinski definition) is 0. The van der Waals surface area contributed by atoms with Crippen LogP contribution in [0.25, 0.3) is 11.1 Å². The first-order valence-electron chi connectivity index (χ1n) is 5.34. The summed E-state index contributed by atoms with van der Waals surface area (Å²) in [5, 5.41) is 0. The molecule has 2 rings (SSSR count). The summed E-state index contributed by atoms with van der Waals surface area (Å²) >= 11 is 0. The number of aryl methyl sites for hydroxylation is 1. The molecular weight excluding hydrogens is 263 g/mol. The normalized spacial score (nSPS) is 11.7. The summed E-state index contributed by atoms with van der Waals surface area (Å²) < 4.78 is 64.3. The van der Waals surface area contributed by atoms with Crippen molar-refractivity contribution in [1.82, 2.24) is 0 Å². The van der Waals surface area contributed by atoms with E-state index >= 15 is 0 Å². The molecule has 19 heavy (non-hydrogen) atoms. The van der Waals surface area contributed by atoms with Crippen molar-refractivity contribution in [3.8, 4) is 11.1 Å². The molecule has 0 aliphatic rings. The summed E-state index contributed by atoms with van der Waals surface area (Å²) in [4.78, 5) is 0. The van der Waals surface area contributed by atoms with Gasteiger partial charge < -0.3 is 0 Å². The van der Waals surface area contributed by atoms with Gasteiger partial charge in [0.25, 0.3) is 0 Å². The van der Waals surface area contributed by atoms with Crippen molar-refractivity contribution in [2.45, 2.75) is 13.1 Å². The highest BCUT2D eigenvalue weighted by Crippen LogP contribution is 2.33. The van der Waals surface area contributed by atoms with Crippen LogP contribution in [0.5, 0.6) is 0 Å². The zero-order valence-corrected chi connectivity index (χ0v) is 9.78. The standard InChI is InChI=1S/C14H8F5/c1-8-4-9(6-10(5-8)14(17,18)19)12-3-2-11(15)7-13(12)16/h2-4,6-7H,1H3. The maximum atomic E-state index is 13.6. The van der Waals surface area contributed by atoms with Gasteiger partial charge >= 0.3 is 6.18 Å². The predicted octanol–water partition coefficient (Wildman–Crippen LogP) is 4.76. The molecular formula is C14H8F5. The second kappa shape index (κ2) is 4.64. The van der Waals surface area contributed by atoms with Gasteiger partial charge in [0.15, 0.2) is 0 Å². The van der Waals surface area contributed by atoms with Crippen LogP contribution in [0.15, 0.2) is 30.3 Å². The van der Waals surface area contributed by atoms with Crippen LogP contribution in [0.4, 0.5) is 22.0 Å². The summed E-state index contributed by atoms with van der Waals surface area (Å²) in [7, 11) is 0. The third-order valence-corrected chi connectivity index (χ3v) is 2.55. The van der Waals surface area contributed by atoms with Crippen LogP contribution in [0, 0.1) is 24.6 Å². The van der Waals surface area contributed by atoms with E-state index in [9.17, 15) is 22.0 Å². The first kappa shape index (κ1) is 13.5. The van der Waals surface area contributed by atoms with Crippen LogP contribution in [0.1, 0.15) is 11.1 Å². The highest BCUT2D eigenvalue weighted by atomic mass is 19.4. The molecule has 0 nitrogen and oxygen atoms in total. The molecule has 2 aromatic carbocycles. The predicted molar refractivity (Wildman–Crippen MR) is 60.4 cm³/mol. The van der Waals surface area contributed by atoms with Crippen molar-refractivity contribution >= 4 is 0 Å². The first-order chi connectivity index (χ1) is 8.77. The van der Waals surface area contributed by atoms with Crippen molar-refractivity contribution in [3.63, 3.8) is 0 Å². The molecule has 0 spiro atoms. The van der Waals surface area contributed by atoms with E-state index in [2.05, 4.69) is 6.07 Å². The van der Waals surface area contributed by atoms with Crippen LogP contribution >= 0.6 is 0 Å². The van der Waals surface area contributed by atoms with E-state index in [1.165, 1.54) is 13.0 Å². The number of rotatable bonds is 1. The third-order valence-electron chi connectivity index (χ3n) is 2.55. The Bertz CT molecular complexity index is 614. The Labute approximate surface area is 106 Å². The zero-order valence-electron chi connectivity index (χ0n) is 9.78. The van der Waals surface area contributed by atoms with Crippen molar-refractivity contribution in [2.75, 3.05) is 0 Å². The molecule has 2 aromatic rings. The Hall–Kier alpha value is -1.91. The van der Waals surface area contributed by atoms with Crippen molar-refractivity contribution in [2.24, 2.45) is 0 Å². The van der Waals surface area contributed by atoms with Gasteiger partial charge in [0.2, 0.25) is 0 Å². The molecule has 5 heteroatoms. The van der Waals surface area contributed by atoms with Gasteiger partial charge in [-0.25, -0.2) is 8.78 Å². The molecule has 0 saturated carbocycles. The largest absolute Gasteiger partial charge is 0.417 e. The highest BCUT2D eigenvalue weighted by molar-refractivity contribution is 5.65. The lowest BCUT2D eigenvalue weighted by Gasteiger charge is -2.11. The summed E-state index contributed by atoms with van der Waals surface area (Å²) in [5.74, 6) is -1.68. The number of hydrogen-bond donors (Lipinski definition) is 0. The average molecular weight is 271 g/mol.